The standard InChI is InChI=1S/C19H25FN2O2/c1-3-18(24)22-8-6-19(7-9-22)12-13(10-17(23)21-2)15-5-4-14(20)11-16(15)19/h4-5,11,13H,3,6-10,12H2,1-2H3,(H,21,23)/t13-/m1/s1. The van der Waals surface area contributed by atoms with Gasteiger partial charge in [-0.1, -0.05) is 13.0 Å². The van der Waals surface area contributed by atoms with Crippen molar-refractivity contribution in [3.63, 3.8) is 0 Å². The molecule has 1 atom stereocenters. The Bertz CT molecular complexity index is 651. The Morgan fingerprint density at radius 3 is 2.67 bits per heavy atom. The van der Waals surface area contributed by atoms with Crippen molar-refractivity contribution < 1.29 is 14.0 Å². The molecule has 1 aromatic rings. The van der Waals surface area contributed by atoms with Crippen LogP contribution in [0.3, 0.4) is 0 Å². The van der Waals surface area contributed by atoms with E-state index < -0.39 is 0 Å². The molecule has 5 heteroatoms. The Morgan fingerprint density at radius 1 is 1.33 bits per heavy atom. The molecule has 0 saturated carbocycles. The maximum atomic E-state index is 13.9. The van der Waals surface area contributed by atoms with E-state index in [-0.39, 0.29) is 29.0 Å². The Labute approximate surface area is 142 Å². The van der Waals surface area contributed by atoms with Gasteiger partial charge in [-0.2, -0.15) is 0 Å². The Kier molecular flexibility index (Phi) is 4.61. The minimum Gasteiger partial charge on any atom is -0.359 e. The van der Waals surface area contributed by atoms with Crippen LogP contribution in [0.1, 0.15) is 56.1 Å². The fourth-order valence-electron chi connectivity index (χ4n) is 4.42. The molecule has 2 amide bonds. The normalized spacial score (nSPS) is 21.6. The second kappa shape index (κ2) is 6.54. The summed E-state index contributed by atoms with van der Waals surface area (Å²) in [6.45, 7) is 3.32. The first-order valence-electron chi connectivity index (χ1n) is 8.77. The minimum atomic E-state index is -0.221. The monoisotopic (exact) mass is 332 g/mol. The van der Waals surface area contributed by atoms with Crippen molar-refractivity contribution in [3.8, 4) is 0 Å². The zero-order valence-electron chi connectivity index (χ0n) is 14.4. The Balaban J connectivity index is 1.86. The van der Waals surface area contributed by atoms with Crippen LogP contribution in [0, 0.1) is 5.82 Å². The van der Waals surface area contributed by atoms with Crippen LogP contribution in [-0.4, -0.2) is 36.9 Å². The van der Waals surface area contributed by atoms with Crippen LogP contribution in [0.15, 0.2) is 18.2 Å². The number of rotatable bonds is 3. The number of benzene rings is 1. The van der Waals surface area contributed by atoms with Crippen molar-refractivity contribution >= 4 is 11.8 Å². The third-order valence-corrected chi connectivity index (χ3v) is 5.75. The van der Waals surface area contributed by atoms with Crippen LogP contribution in [0.25, 0.3) is 0 Å². The number of nitrogens with one attached hydrogen (secondary N) is 1. The molecule has 1 heterocycles. The third-order valence-electron chi connectivity index (χ3n) is 5.75. The van der Waals surface area contributed by atoms with Gasteiger partial charge in [0.25, 0.3) is 0 Å². The van der Waals surface area contributed by atoms with Gasteiger partial charge in [-0.3, -0.25) is 9.59 Å². The third kappa shape index (κ3) is 2.92. The van der Waals surface area contributed by atoms with Gasteiger partial charge in [0.2, 0.25) is 11.8 Å². The number of nitrogens with zero attached hydrogens (tertiary/aromatic N) is 1. The quantitative estimate of drug-likeness (QED) is 0.925. The zero-order chi connectivity index (χ0) is 17.3. The van der Waals surface area contributed by atoms with Gasteiger partial charge in [0.05, 0.1) is 0 Å². The first kappa shape index (κ1) is 16.9. The lowest BCUT2D eigenvalue weighted by Crippen LogP contribution is -2.44. The summed E-state index contributed by atoms with van der Waals surface area (Å²) in [5.74, 6) is 0.116. The van der Waals surface area contributed by atoms with Crippen molar-refractivity contribution in [1.29, 1.82) is 0 Å². The van der Waals surface area contributed by atoms with Crippen molar-refractivity contribution in [3.05, 3.63) is 35.1 Å². The fourth-order valence-corrected chi connectivity index (χ4v) is 4.42. The van der Waals surface area contributed by atoms with E-state index in [0.29, 0.717) is 12.8 Å². The Morgan fingerprint density at radius 2 is 2.04 bits per heavy atom. The van der Waals surface area contributed by atoms with E-state index in [1.165, 1.54) is 6.07 Å². The molecule has 1 aliphatic carbocycles. The average molecular weight is 332 g/mol. The lowest BCUT2D eigenvalue weighted by atomic mass is 9.73. The van der Waals surface area contributed by atoms with Gasteiger partial charge < -0.3 is 10.2 Å². The highest BCUT2D eigenvalue weighted by molar-refractivity contribution is 5.77. The summed E-state index contributed by atoms with van der Waals surface area (Å²) >= 11 is 0. The summed E-state index contributed by atoms with van der Waals surface area (Å²) < 4.78 is 13.9. The van der Waals surface area contributed by atoms with E-state index >= 15 is 0 Å². The molecule has 1 aliphatic heterocycles. The zero-order valence-corrected chi connectivity index (χ0v) is 14.4. The number of piperidine rings is 1. The van der Waals surface area contributed by atoms with Gasteiger partial charge in [-0.15, -0.1) is 0 Å². The lowest BCUT2D eigenvalue weighted by molar-refractivity contribution is -0.132. The maximum Gasteiger partial charge on any atom is 0.222 e. The van der Waals surface area contributed by atoms with Crippen LogP contribution in [0.5, 0.6) is 0 Å². The SMILES string of the molecule is CCC(=O)N1CCC2(CC1)C[C@@H](CC(=O)NC)c1ccc(F)cc12. The predicted molar refractivity (Wildman–Crippen MR) is 90.2 cm³/mol. The summed E-state index contributed by atoms with van der Waals surface area (Å²) in [6.07, 6.45) is 3.53. The van der Waals surface area contributed by atoms with Gasteiger partial charge >= 0.3 is 0 Å². The molecule has 2 aliphatic rings. The van der Waals surface area contributed by atoms with E-state index in [9.17, 15) is 14.0 Å². The minimum absolute atomic E-state index is 0.0194. The molecule has 0 unspecified atom stereocenters. The number of carbonyl (C=O) groups excluding carboxylic acids is 2. The van der Waals surface area contributed by atoms with Crippen LogP contribution in [0.4, 0.5) is 4.39 Å². The fraction of sp³-hybridized carbons (Fsp3) is 0.579. The number of amides is 2. The highest BCUT2D eigenvalue weighted by atomic mass is 19.1. The molecule has 1 spiro atoms. The molecule has 0 bridgehead atoms. The van der Waals surface area contributed by atoms with Crippen LogP contribution in [-0.2, 0) is 15.0 Å². The smallest absolute Gasteiger partial charge is 0.222 e. The van der Waals surface area contributed by atoms with Gasteiger partial charge in [0.1, 0.15) is 5.82 Å². The first-order valence-corrected chi connectivity index (χ1v) is 8.77. The van der Waals surface area contributed by atoms with Crippen molar-refractivity contribution in [2.75, 3.05) is 20.1 Å². The number of fused-ring (bicyclic) bond motifs is 2. The number of hydrogen-bond donors (Lipinski definition) is 1. The maximum absolute atomic E-state index is 13.9. The van der Waals surface area contributed by atoms with E-state index in [1.807, 2.05) is 17.9 Å². The van der Waals surface area contributed by atoms with E-state index in [0.717, 1.165) is 43.5 Å². The number of halogens is 1. The molecule has 1 aromatic carbocycles. The van der Waals surface area contributed by atoms with E-state index in [4.69, 9.17) is 0 Å². The number of likely N-dealkylation sites (tertiary alicyclic amines) is 1. The summed E-state index contributed by atoms with van der Waals surface area (Å²) in [6, 6.07) is 4.98. The molecular weight excluding hydrogens is 307 g/mol. The predicted octanol–water partition coefficient (Wildman–Crippen LogP) is 2.72. The number of carbonyl (C=O) groups is 2. The summed E-state index contributed by atoms with van der Waals surface area (Å²) in [7, 11) is 1.65. The molecular formula is C19H25FN2O2. The van der Waals surface area contributed by atoms with Gasteiger partial charge in [-0.25, -0.2) is 4.39 Å². The summed E-state index contributed by atoms with van der Waals surface area (Å²) in [4.78, 5) is 25.7. The van der Waals surface area contributed by atoms with Gasteiger partial charge in [0, 0.05) is 33.0 Å². The second-order valence-corrected chi connectivity index (χ2v) is 7.02. The highest BCUT2D eigenvalue weighted by Gasteiger charge is 2.46. The van der Waals surface area contributed by atoms with Crippen molar-refractivity contribution in [2.24, 2.45) is 0 Å². The van der Waals surface area contributed by atoms with Gasteiger partial charge in [-0.05, 0) is 53.9 Å². The molecule has 130 valence electrons. The summed E-state index contributed by atoms with van der Waals surface area (Å²) in [5.41, 5.74) is 2.07. The molecule has 1 fully saturated rings. The van der Waals surface area contributed by atoms with E-state index in [2.05, 4.69) is 5.32 Å². The second-order valence-electron chi connectivity index (χ2n) is 7.02. The molecule has 1 N–H and O–H groups in total. The average Bonchev–Trinajstić information content (AvgIpc) is 2.87. The number of hydrogen-bond acceptors (Lipinski definition) is 2. The van der Waals surface area contributed by atoms with E-state index in [1.54, 1.807) is 13.1 Å². The van der Waals surface area contributed by atoms with Gasteiger partial charge in [0.15, 0.2) is 0 Å². The topological polar surface area (TPSA) is 49.4 Å². The first-order chi connectivity index (χ1) is 11.5. The Hall–Kier alpha value is -1.91. The molecule has 0 aromatic heterocycles. The highest BCUT2D eigenvalue weighted by Crippen LogP contribution is 2.52. The van der Waals surface area contributed by atoms with Crippen LogP contribution >= 0.6 is 0 Å². The largest absolute Gasteiger partial charge is 0.359 e. The van der Waals surface area contributed by atoms with Crippen molar-refractivity contribution in [2.45, 2.75) is 50.4 Å². The lowest BCUT2D eigenvalue weighted by Gasteiger charge is -2.40. The molecule has 1 saturated heterocycles. The van der Waals surface area contributed by atoms with Crippen molar-refractivity contribution in [1.82, 2.24) is 10.2 Å². The van der Waals surface area contributed by atoms with Crippen LogP contribution < -0.4 is 5.32 Å². The molecule has 4 nitrogen and oxygen atoms in total. The summed E-state index contributed by atoms with van der Waals surface area (Å²) in [5, 5.41) is 2.69. The molecule has 24 heavy (non-hydrogen) atoms. The molecule has 0 radical (unpaired) electrons. The van der Waals surface area contributed by atoms with Crippen LogP contribution in [0.2, 0.25) is 0 Å². The molecule has 3 rings (SSSR count).